The highest BCUT2D eigenvalue weighted by molar-refractivity contribution is 7.78. The molecule has 96 valence electrons. The second kappa shape index (κ2) is 6.75. The minimum Gasteiger partial charge on any atom is -0.465 e. The summed E-state index contributed by atoms with van der Waals surface area (Å²) in [6.45, 7) is 0.0619. The van der Waals surface area contributed by atoms with Gasteiger partial charge in [0.15, 0.2) is 11.1 Å². The zero-order valence-electron chi connectivity index (χ0n) is 9.57. The van der Waals surface area contributed by atoms with Crippen LogP contribution in [0.2, 0.25) is 0 Å². The van der Waals surface area contributed by atoms with Crippen molar-refractivity contribution in [3.8, 4) is 0 Å². The van der Waals surface area contributed by atoms with Crippen LogP contribution in [0.1, 0.15) is 21.5 Å². The maximum Gasteiger partial charge on any atom is 0.337 e. The number of nitrogens with zero attached hydrogens (tertiary/aromatic N) is 3. The summed E-state index contributed by atoms with van der Waals surface area (Å²) in [6.07, 6.45) is 0. The standard InChI is InChI=1S/C10H11N3O4S/c1-17-10(14)9-3-7(5-12-13-11)2-8(4-9)6-18(15)16/h2-4H,5-6H2,1H3,(H,15,16). The highest BCUT2D eigenvalue weighted by Crippen LogP contribution is 2.14. The van der Waals surface area contributed by atoms with Crippen molar-refractivity contribution in [1.29, 1.82) is 0 Å². The monoisotopic (exact) mass is 269 g/mol. The third-order valence-electron chi connectivity index (χ3n) is 2.08. The van der Waals surface area contributed by atoms with Crippen LogP contribution in [0.5, 0.6) is 0 Å². The maximum atomic E-state index is 11.4. The topological polar surface area (TPSA) is 112 Å². The molecule has 0 spiro atoms. The largest absolute Gasteiger partial charge is 0.465 e. The van der Waals surface area contributed by atoms with E-state index < -0.39 is 17.0 Å². The van der Waals surface area contributed by atoms with E-state index in [1.165, 1.54) is 19.2 Å². The number of hydrogen-bond acceptors (Lipinski definition) is 4. The van der Waals surface area contributed by atoms with Gasteiger partial charge in [-0.25, -0.2) is 9.00 Å². The summed E-state index contributed by atoms with van der Waals surface area (Å²) in [5, 5.41) is 3.38. The van der Waals surface area contributed by atoms with Crippen molar-refractivity contribution in [1.82, 2.24) is 0 Å². The van der Waals surface area contributed by atoms with Crippen LogP contribution in [0.15, 0.2) is 23.3 Å². The molecule has 0 saturated heterocycles. The Morgan fingerprint density at radius 3 is 2.72 bits per heavy atom. The van der Waals surface area contributed by atoms with Gasteiger partial charge in [0.25, 0.3) is 0 Å². The van der Waals surface area contributed by atoms with E-state index in [0.29, 0.717) is 11.1 Å². The van der Waals surface area contributed by atoms with E-state index in [0.717, 1.165) is 0 Å². The molecular formula is C10H11N3O4S. The minimum absolute atomic E-state index is 0.0619. The maximum absolute atomic E-state index is 11.4. The zero-order valence-corrected chi connectivity index (χ0v) is 10.4. The predicted octanol–water partition coefficient (Wildman–Crippen LogP) is 2.01. The van der Waals surface area contributed by atoms with Crippen LogP contribution < -0.4 is 0 Å². The Hall–Kier alpha value is -1.89. The lowest BCUT2D eigenvalue weighted by molar-refractivity contribution is 0.0600. The summed E-state index contributed by atoms with van der Waals surface area (Å²) < 4.78 is 24.2. The van der Waals surface area contributed by atoms with Gasteiger partial charge in [-0.15, -0.1) is 0 Å². The molecule has 1 atom stereocenters. The molecule has 0 aliphatic rings. The average Bonchev–Trinajstić information content (AvgIpc) is 2.34. The van der Waals surface area contributed by atoms with Crippen molar-refractivity contribution < 1.29 is 18.3 Å². The van der Waals surface area contributed by atoms with Crippen molar-refractivity contribution in [2.45, 2.75) is 12.3 Å². The molecule has 18 heavy (non-hydrogen) atoms. The Morgan fingerprint density at radius 2 is 2.17 bits per heavy atom. The van der Waals surface area contributed by atoms with Crippen molar-refractivity contribution in [2.24, 2.45) is 5.11 Å². The van der Waals surface area contributed by atoms with Crippen molar-refractivity contribution in [3.05, 3.63) is 45.3 Å². The smallest absolute Gasteiger partial charge is 0.337 e. The van der Waals surface area contributed by atoms with Gasteiger partial charge in [0.05, 0.1) is 25.0 Å². The number of carbonyl (C=O) groups excluding carboxylic acids is 1. The molecule has 0 amide bonds. The molecule has 1 rings (SSSR count). The highest BCUT2D eigenvalue weighted by Gasteiger charge is 2.09. The molecule has 1 unspecified atom stereocenters. The van der Waals surface area contributed by atoms with Gasteiger partial charge in [-0.05, 0) is 28.8 Å². The lowest BCUT2D eigenvalue weighted by Crippen LogP contribution is -2.04. The Balaban J connectivity index is 3.14. The molecule has 1 aromatic rings. The van der Waals surface area contributed by atoms with Gasteiger partial charge in [-0.1, -0.05) is 11.2 Å². The second-order valence-corrected chi connectivity index (χ2v) is 4.32. The molecule has 0 saturated carbocycles. The Labute approximate surface area is 106 Å². The van der Waals surface area contributed by atoms with Crippen LogP contribution >= 0.6 is 0 Å². The molecule has 0 aliphatic carbocycles. The van der Waals surface area contributed by atoms with E-state index in [1.807, 2.05) is 0 Å². The number of benzene rings is 1. The van der Waals surface area contributed by atoms with Gasteiger partial charge >= 0.3 is 5.97 Å². The fourth-order valence-corrected chi connectivity index (χ4v) is 1.88. The molecule has 0 heterocycles. The fraction of sp³-hybridized carbons (Fsp3) is 0.300. The molecule has 0 radical (unpaired) electrons. The van der Waals surface area contributed by atoms with Gasteiger partial charge in [-0.3, -0.25) is 0 Å². The third-order valence-corrected chi connectivity index (χ3v) is 2.66. The molecule has 8 heteroatoms. The van der Waals surface area contributed by atoms with Crippen LogP contribution in [0, 0.1) is 0 Å². The Kier molecular flexibility index (Phi) is 5.31. The zero-order chi connectivity index (χ0) is 13.5. The average molecular weight is 269 g/mol. The molecule has 1 aromatic carbocycles. The summed E-state index contributed by atoms with van der Waals surface area (Å²) in [5.74, 6) is -0.656. The summed E-state index contributed by atoms with van der Waals surface area (Å²) in [7, 11) is 1.24. The van der Waals surface area contributed by atoms with Crippen molar-refractivity contribution in [2.75, 3.05) is 7.11 Å². The van der Waals surface area contributed by atoms with Crippen molar-refractivity contribution >= 4 is 17.0 Å². The van der Waals surface area contributed by atoms with Crippen LogP contribution in [0.25, 0.3) is 10.4 Å². The van der Waals surface area contributed by atoms with Crippen LogP contribution in [-0.2, 0) is 28.1 Å². The van der Waals surface area contributed by atoms with E-state index >= 15 is 0 Å². The van der Waals surface area contributed by atoms with Gasteiger partial charge in [0.2, 0.25) is 0 Å². The highest BCUT2D eigenvalue weighted by atomic mass is 32.2. The quantitative estimate of drug-likeness (QED) is 0.289. The number of hydrogen-bond donors (Lipinski definition) is 1. The van der Waals surface area contributed by atoms with E-state index in [4.69, 9.17) is 10.1 Å². The number of carbonyl (C=O) groups is 1. The molecule has 0 aliphatic heterocycles. The Morgan fingerprint density at radius 1 is 1.50 bits per heavy atom. The fourth-order valence-electron chi connectivity index (χ4n) is 1.43. The van der Waals surface area contributed by atoms with E-state index in [-0.39, 0.29) is 17.9 Å². The minimum atomic E-state index is -2.01. The van der Waals surface area contributed by atoms with E-state index in [1.54, 1.807) is 6.07 Å². The summed E-state index contributed by atoms with van der Waals surface area (Å²) in [4.78, 5) is 14.0. The first-order valence-electron chi connectivity index (χ1n) is 4.86. The van der Waals surface area contributed by atoms with Crippen molar-refractivity contribution in [3.63, 3.8) is 0 Å². The second-order valence-electron chi connectivity index (χ2n) is 3.38. The number of esters is 1. The molecule has 7 nitrogen and oxygen atoms in total. The molecule has 0 bridgehead atoms. The Bertz CT molecular complexity index is 504. The number of rotatable bonds is 5. The molecule has 0 fully saturated rings. The molecular weight excluding hydrogens is 258 g/mol. The summed E-state index contributed by atoms with van der Waals surface area (Å²) in [5.41, 5.74) is 9.58. The van der Waals surface area contributed by atoms with E-state index in [2.05, 4.69) is 14.8 Å². The van der Waals surface area contributed by atoms with Gasteiger partial charge in [0.1, 0.15) is 0 Å². The van der Waals surface area contributed by atoms with Gasteiger partial charge in [0, 0.05) is 4.91 Å². The first-order valence-corrected chi connectivity index (χ1v) is 6.14. The number of azide groups is 1. The first kappa shape index (κ1) is 14.2. The normalized spacial score (nSPS) is 11.4. The lowest BCUT2D eigenvalue weighted by atomic mass is 10.1. The molecule has 0 aromatic heterocycles. The lowest BCUT2D eigenvalue weighted by Gasteiger charge is -2.06. The van der Waals surface area contributed by atoms with E-state index in [9.17, 15) is 9.00 Å². The van der Waals surface area contributed by atoms with Gasteiger partial charge < -0.3 is 9.29 Å². The number of ether oxygens (including phenoxy) is 1. The van der Waals surface area contributed by atoms with Crippen LogP contribution in [-0.4, -0.2) is 21.8 Å². The molecule has 1 N–H and O–H groups in total. The number of methoxy groups -OCH3 is 1. The van der Waals surface area contributed by atoms with Crippen LogP contribution in [0.4, 0.5) is 0 Å². The first-order chi connectivity index (χ1) is 8.56. The van der Waals surface area contributed by atoms with Gasteiger partial charge in [-0.2, -0.15) is 0 Å². The third kappa shape index (κ3) is 4.17. The summed E-state index contributed by atoms with van der Waals surface area (Å²) in [6, 6.07) is 4.60. The predicted molar refractivity (Wildman–Crippen MR) is 65.1 cm³/mol. The van der Waals surface area contributed by atoms with Crippen LogP contribution in [0.3, 0.4) is 0 Å². The SMILES string of the molecule is COC(=O)c1cc(CN=[N+]=[N-])cc(CS(=O)O)c1. The summed E-state index contributed by atoms with van der Waals surface area (Å²) >= 11 is -2.01.